The molecule has 1 amide bonds. The summed E-state index contributed by atoms with van der Waals surface area (Å²) in [6, 6.07) is 15.7. The fourth-order valence-electron chi connectivity index (χ4n) is 4.28. The number of amides is 1. The number of hydrogen-bond donors (Lipinski definition) is 0. The number of nitrogens with zero attached hydrogens (tertiary/aromatic N) is 4. The van der Waals surface area contributed by atoms with Crippen LogP contribution in [-0.2, 0) is 7.05 Å². The van der Waals surface area contributed by atoms with E-state index in [1.165, 1.54) is 4.68 Å². The van der Waals surface area contributed by atoms with Gasteiger partial charge in [0, 0.05) is 35.9 Å². The summed E-state index contributed by atoms with van der Waals surface area (Å²) in [4.78, 5) is 29.0. The number of benzene rings is 2. The SMILES string of the molecule is CCN(C(=O)c1nn(-c2ccc(C)cc2)c(=O)c2c1c1ccccc1n2C)C1CC1. The van der Waals surface area contributed by atoms with Crippen LogP contribution in [0, 0.1) is 6.92 Å². The third kappa shape index (κ3) is 2.75. The van der Waals surface area contributed by atoms with Crippen molar-refractivity contribution < 1.29 is 4.79 Å². The average Bonchev–Trinajstić information content (AvgIpc) is 3.54. The van der Waals surface area contributed by atoms with E-state index >= 15 is 0 Å². The molecule has 6 heteroatoms. The molecule has 6 nitrogen and oxygen atoms in total. The van der Waals surface area contributed by atoms with Gasteiger partial charge in [-0.25, -0.2) is 0 Å². The summed E-state index contributed by atoms with van der Waals surface area (Å²) < 4.78 is 3.25. The zero-order chi connectivity index (χ0) is 21.0. The summed E-state index contributed by atoms with van der Waals surface area (Å²) in [5.41, 5.74) is 3.29. The standard InChI is InChI=1S/C24H24N4O2/c1-4-27(16-13-14-16)23(29)21-20-18-7-5-6-8-19(18)26(3)22(20)24(30)28(25-21)17-11-9-15(2)10-12-17/h5-12,16H,4,13-14H2,1-3H3. The molecule has 0 aliphatic heterocycles. The lowest BCUT2D eigenvalue weighted by molar-refractivity contribution is 0.0747. The summed E-state index contributed by atoms with van der Waals surface area (Å²) in [6.45, 7) is 4.62. The fourth-order valence-corrected chi connectivity index (χ4v) is 4.28. The predicted octanol–water partition coefficient (Wildman–Crippen LogP) is 3.81. The Kier molecular flexibility index (Phi) is 4.24. The summed E-state index contributed by atoms with van der Waals surface area (Å²) in [6.07, 6.45) is 2.05. The highest BCUT2D eigenvalue weighted by molar-refractivity contribution is 6.16. The smallest absolute Gasteiger partial charge is 0.296 e. The molecule has 0 N–H and O–H groups in total. The Labute approximate surface area is 174 Å². The molecule has 30 heavy (non-hydrogen) atoms. The number of aryl methyl sites for hydroxylation is 2. The summed E-state index contributed by atoms with van der Waals surface area (Å²) in [5.74, 6) is -0.109. The normalized spacial score (nSPS) is 13.8. The van der Waals surface area contributed by atoms with Gasteiger partial charge in [0.1, 0.15) is 5.52 Å². The van der Waals surface area contributed by atoms with E-state index in [2.05, 4.69) is 5.10 Å². The lowest BCUT2D eigenvalue weighted by Crippen LogP contribution is -2.35. The van der Waals surface area contributed by atoms with E-state index in [0.717, 1.165) is 29.3 Å². The van der Waals surface area contributed by atoms with Gasteiger partial charge in [-0.3, -0.25) is 9.59 Å². The lowest BCUT2D eigenvalue weighted by atomic mass is 10.1. The molecule has 1 fully saturated rings. The van der Waals surface area contributed by atoms with Gasteiger partial charge in [0.25, 0.3) is 11.5 Å². The molecule has 0 saturated heterocycles. The van der Waals surface area contributed by atoms with Crippen LogP contribution in [-0.4, -0.2) is 37.7 Å². The molecule has 0 unspecified atom stereocenters. The highest BCUT2D eigenvalue weighted by Crippen LogP contribution is 2.32. The van der Waals surface area contributed by atoms with Gasteiger partial charge >= 0.3 is 0 Å². The zero-order valence-electron chi connectivity index (χ0n) is 17.4. The van der Waals surface area contributed by atoms with E-state index in [0.29, 0.717) is 28.8 Å². The Bertz CT molecular complexity index is 1340. The van der Waals surface area contributed by atoms with Gasteiger partial charge in [-0.05, 0) is 44.9 Å². The number of rotatable bonds is 4. The number of carbonyl (C=O) groups is 1. The van der Waals surface area contributed by atoms with Crippen molar-refractivity contribution in [3.05, 3.63) is 70.1 Å². The average molecular weight is 400 g/mol. The number of fused-ring (bicyclic) bond motifs is 3. The molecule has 152 valence electrons. The summed E-state index contributed by atoms with van der Waals surface area (Å²) >= 11 is 0. The van der Waals surface area contributed by atoms with Crippen LogP contribution in [0.15, 0.2) is 53.3 Å². The van der Waals surface area contributed by atoms with Gasteiger partial charge in [0.2, 0.25) is 0 Å². The van der Waals surface area contributed by atoms with Crippen LogP contribution < -0.4 is 5.56 Å². The molecule has 1 aliphatic carbocycles. The molecule has 1 saturated carbocycles. The third-order valence-corrected chi connectivity index (χ3v) is 6.01. The highest BCUT2D eigenvalue weighted by Gasteiger charge is 2.34. The topological polar surface area (TPSA) is 60.1 Å². The summed E-state index contributed by atoms with van der Waals surface area (Å²) in [5, 5.41) is 6.17. The molecular formula is C24H24N4O2. The van der Waals surface area contributed by atoms with E-state index < -0.39 is 0 Å². The Hall–Kier alpha value is -3.41. The van der Waals surface area contributed by atoms with Crippen molar-refractivity contribution in [3.63, 3.8) is 0 Å². The lowest BCUT2D eigenvalue weighted by Gasteiger charge is -2.21. The second kappa shape index (κ2) is 6.83. The minimum atomic E-state index is -0.224. The number of hydrogen-bond acceptors (Lipinski definition) is 3. The van der Waals surface area contributed by atoms with Gasteiger partial charge in [-0.15, -0.1) is 0 Å². The van der Waals surface area contributed by atoms with E-state index in [4.69, 9.17) is 0 Å². The molecule has 2 aromatic carbocycles. The summed E-state index contributed by atoms with van der Waals surface area (Å²) in [7, 11) is 1.87. The van der Waals surface area contributed by atoms with Gasteiger partial charge < -0.3 is 9.47 Å². The van der Waals surface area contributed by atoms with Crippen molar-refractivity contribution in [2.24, 2.45) is 7.05 Å². The first-order valence-corrected chi connectivity index (χ1v) is 10.4. The second-order valence-corrected chi connectivity index (χ2v) is 8.02. The van der Waals surface area contributed by atoms with Crippen LogP contribution >= 0.6 is 0 Å². The van der Waals surface area contributed by atoms with Crippen LogP contribution in [0.25, 0.3) is 27.5 Å². The molecule has 2 heterocycles. The molecule has 5 rings (SSSR count). The monoisotopic (exact) mass is 400 g/mol. The molecule has 0 atom stereocenters. The molecule has 1 aliphatic rings. The van der Waals surface area contributed by atoms with Crippen molar-refractivity contribution in [3.8, 4) is 5.69 Å². The quantitative estimate of drug-likeness (QED) is 0.523. The van der Waals surface area contributed by atoms with Crippen molar-refractivity contribution >= 4 is 27.7 Å². The van der Waals surface area contributed by atoms with Crippen molar-refractivity contribution in [1.29, 1.82) is 0 Å². The number of para-hydroxylation sites is 1. The van der Waals surface area contributed by atoms with Gasteiger partial charge in [0.15, 0.2) is 5.69 Å². The van der Waals surface area contributed by atoms with E-state index in [9.17, 15) is 9.59 Å². The fraction of sp³-hybridized carbons (Fsp3) is 0.292. The van der Waals surface area contributed by atoms with Crippen molar-refractivity contribution in [2.75, 3.05) is 6.54 Å². The maximum atomic E-state index is 13.6. The second-order valence-electron chi connectivity index (χ2n) is 8.02. The van der Waals surface area contributed by atoms with Crippen molar-refractivity contribution in [1.82, 2.24) is 19.2 Å². The maximum Gasteiger partial charge on any atom is 0.296 e. The van der Waals surface area contributed by atoms with Crippen LogP contribution in [0.4, 0.5) is 0 Å². The predicted molar refractivity (Wildman–Crippen MR) is 118 cm³/mol. The number of carbonyl (C=O) groups excluding carboxylic acids is 1. The van der Waals surface area contributed by atoms with Crippen molar-refractivity contribution in [2.45, 2.75) is 32.7 Å². The first-order valence-electron chi connectivity index (χ1n) is 10.4. The van der Waals surface area contributed by atoms with Gasteiger partial charge in [-0.1, -0.05) is 35.9 Å². The largest absolute Gasteiger partial charge is 0.339 e. The Morgan fingerprint density at radius 2 is 1.83 bits per heavy atom. The van der Waals surface area contributed by atoms with E-state index in [-0.39, 0.29) is 17.5 Å². The van der Waals surface area contributed by atoms with Gasteiger partial charge in [-0.2, -0.15) is 9.78 Å². The third-order valence-electron chi connectivity index (χ3n) is 6.01. The van der Waals surface area contributed by atoms with Crippen LogP contribution in [0.1, 0.15) is 35.8 Å². The van der Waals surface area contributed by atoms with Crippen LogP contribution in [0.5, 0.6) is 0 Å². The number of aromatic nitrogens is 3. The molecule has 0 radical (unpaired) electrons. The Morgan fingerprint density at radius 1 is 1.13 bits per heavy atom. The molecule has 4 aromatic rings. The highest BCUT2D eigenvalue weighted by atomic mass is 16.2. The van der Waals surface area contributed by atoms with Gasteiger partial charge in [0.05, 0.1) is 5.69 Å². The molecular weight excluding hydrogens is 376 g/mol. The molecule has 2 aromatic heterocycles. The minimum absolute atomic E-state index is 0.109. The van der Waals surface area contributed by atoms with Crippen LogP contribution in [0.3, 0.4) is 0 Å². The Morgan fingerprint density at radius 3 is 2.50 bits per heavy atom. The molecule has 0 spiro atoms. The molecule has 0 bridgehead atoms. The van der Waals surface area contributed by atoms with Crippen LogP contribution in [0.2, 0.25) is 0 Å². The first-order chi connectivity index (χ1) is 14.5. The van der Waals surface area contributed by atoms with E-state index in [1.54, 1.807) is 0 Å². The zero-order valence-corrected chi connectivity index (χ0v) is 17.4. The maximum absolute atomic E-state index is 13.6. The Balaban J connectivity index is 1.87. The minimum Gasteiger partial charge on any atom is -0.339 e. The van der Waals surface area contributed by atoms with E-state index in [1.807, 2.05) is 78.9 Å². The first kappa shape index (κ1) is 18.6.